The predicted octanol–water partition coefficient (Wildman–Crippen LogP) is 2.27. The average molecular weight is 317 g/mol. The highest BCUT2D eigenvalue weighted by molar-refractivity contribution is 14.1. The molecule has 0 saturated carbocycles. The number of hydrogen-bond acceptors (Lipinski definition) is 2. The summed E-state index contributed by atoms with van der Waals surface area (Å²) in [4.78, 5) is 11.8. The number of benzene rings is 1. The topological polar surface area (TPSA) is 38.3 Å². The molecule has 15 heavy (non-hydrogen) atoms. The zero-order chi connectivity index (χ0) is 10.9. The fourth-order valence-corrected chi connectivity index (χ4v) is 1.93. The first-order valence-corrected chi connectivity index (χ1v) is 5.83. The number of ether oxygens (including phenoxy) is 1. The molecule has 0 aliphatic carbocycles. The minimum absolute atomic E-state index is 0.0377. The van der Waals surface area contributed by atoms with Crippen molar-refractivity contribution >= 4 is 34.2 Å². The van der Waals surface area contributed by atoms with Crippen LogP contribution in [0.15, 0.2) is 24.3 Å². The molecule has 0 unspecified atom stereocenters. The quantitative estimate of drug-likeness (QED) is 0.850. The van der Waals surface area contributed by atoms with E-state index in [0.717, 1.165) is 9.26 Å². The molecule has 1 aliphatic rings. The standard InChI is InChI=1S/C11H12INO2/c1-11(6-15-7-11)10(14)13-9-4-2-3-8(12)5-9/h2-5H,6-7H2,1H3,(H,13,14). The molecule has 3 nitrogen and oxygen atoms in total. The summed E-state index contributed by atoms with van der Waals surface area (Å²) in [6.07, 6.45) is 0. The second kappa shape index (κ2) is 4.09. The Hall–Kier alpha value is -0.620. The Morgan fingerprint density at radius 1 is 1.53 bits per heavy atom. The molecule has 1 amide bonds. The molecule has 0 bridgehead atoms. The number of halogens is 1. The molecular weight excluding hydrogens is 305 g/mol. The van der Waals surface area contributed by atoms with Gasteiger partial charge in [0.25, 0.3) is 0 Å². The Morgan fingerprint density at radius 3 is 2.80 bits per heavy atom. The Bertz CT molecular complexity index is 388. The summed E-state index contributed by atoms with van der Waals surface area (Å²) >= 11 is 2.22. The lowest BCUT2D eigenvalue weighted by Gasteiger charge is -2.36. The predicted molar refractivity (Wildman–Crippen MR) is 66.7 cm³/mol. The van der Waals surface area contributed by atoms with Crippen molar-refractivity contribution in [3.8, 4) is 0 Å². The number of carbonyl (C=O) groups excluding carboxylic acids is 1. The highest BCUT2D eigenvalue weighted by Crippen LogP contribution is 2.28. The van der Waals surface area contributed by atoms with E-state index in [1.54, 1.807) is 0 Å². The molecule has 1 aromatic carbocycles. The first-order valence-electron chi connectivity index (χ1n) is 4.75. The second-order valence-electron chi connectivity index (χ2n) is 4.02. The van der Waals surface area contributed by atoms with Crippen molar-refractivity contribution in [1.82, 2.24) is 0 Å². The van der Waals surface area contributed by atoms with Gasteiger partial charge in [0.2, 0.25) is 5.91 Å². The minimum atomic E-state index is -0.346. The SMILES string of the molecule is CC1(C(=O)Nc2cccc(I)c2)COC1. The summed E-state index contributed by atoms with van der Waals surface area (Å²) in [5.41, 5.74) is 0.501. The van der Waals surface area contributed by atoms with Gasteiger partial charge in [-0.1, -0.05) is 6.07 Å². The molecule has 1 N–H and O–H groups in total. The molecule has 1 fully saturated rings. The average Bonchev–Trinajstić information content (AvgIpc) is 2.14. The molecule has 4 heteroatoms. The van der Waals surface area contributed by atoms with Gasteiger partial charge in [-0.25, -0.2) is 0 Å². The summed E-state index contributed by atoms with van der Waals surface area (Å²) < 4.78 is 6.17. The zero-order valence-electron chi connectivity index (χ0n) is 8.42. The fourth-order valence-electron chi connectivity index (χ4n) is 1.39. The Balaban J connectivity index is 2.06. The number of nitrogens with one attached hydrogen (secondary N) is 1. The molecule has 1 heterocycles. The minimum Gasteiger partial charge on any atom is -0.379 e. The first kappa shape index (κ1) is 10.9. The third kappa shape index (κ3) is 2.31. The van der Waals surface area contributed by atoms with Crippen LogP contribution in [-0.2, 0) is 9.53 Å². The van der Waals surface area contributed by atoms with Crippen molar-refractivity contribution in [1.29, 1.82) is 0 Å². The van der Waals surface area contributed by atoms with Gasteiger partial charge in [-0.15, -0.1) is 0 Å². The van der Waals surface area contributed by atoms with Crippen molar-refractivity contribution in [3.63, 3.8) is 0 Å². The molecule has 1 aliphatic heterocycles. The lowest BCUT2D eigenvalue weighted by Crippen LogP contribution is -2.49. The molecule has 0 radical (unpaired) electrons. The van der Waals surface area contributed by atoms with Crippen LogP contribution in [0, 0.1) is 8.99 Å². The van der Waals surface area contributed by atoms with E-state index in [0.29, 0.717) is 13.2 Å². The molecule has 80 valence electrons. The van der Waals surface area contributed by atoms with Crippen LogP contribution in [-0.4, -0.2) is 19.1 Å². The fraction of sp³-hybridized carbons (Fsp3) is 0.364. The molecule has 2 rings (SSSR count). The molecular formula is C11H12INO2. The largest absolute Gasteiger partial charge is 0.379 e. The van der Waals surface area contributed by atoms with Gasteiger partial charge < -0.3 is 10.1 Å². The molecule has 0 atom stereocenters. The summed E-state index contributed by atoms with van der Waals surface area (Å²) in [6, 6.07) is 7.76. The van der Waals surface area contributed by atoms with E-state index in [1.807, 2.05) is 31.2 Å². The number of anilines is 1. The lowest BCUT2D eigenvalue weighted by atomic mass is 9.87. The van der Waals surface area contributed by atoms with Gasteiger partial charge in [0.05, 0.1) is 18.6 Å². The maximum absolute atomic E-state index is 11.8. The van der Waals surface area contributed by atoms with Crippen molar-refractivity contribution in [2.75, 3.05) is 18.5 Å². The Labute approximate surface area is 102 Å². The van der Waals surface area contributed by atoms with Gasteiger partial charge in [-0.05, 0) is 47.7 Å². The van der Waals surface area contributed by atoms with Gasteiger partial charge in [-0.2, -0.15) is 0 Å². The van der Waals surface area contributed by atoms with E-state index >= 15 is 0 Å². The van der Waals surface area contributed by atoms with Crippen molar-refractivity contribution in [2.24, 2.45) is 5.41 Å². The molecule has 1 saturated heterocycles. The summed E-state index contributed by atoms with van der Waals surface area (Å²) in [5.74, 6) is 0.0377. The highest BCUT2D eigenvalue weighted by atomic mass is 127. The normalized spacial score (nSPS) is 18.0. The van der Waals surface area contributed by atoms with Crippen LogP contribution in [0.2, 0.25) is 0 Å². The van der Waals surface area contributed by atoms with Crippen LogP contribution in [0.5, 0.6) is 0 Å². The monoisotopic (exact) mass is 317 g/mol. The van der Waals surface area contributed by atoms with E-state index < -0.39 is 0 Å². The van der Waals surface area contributed by atoms with Crippen LogP contribution in [0.1, 0.15) is 6.92 Å². The first-order chi connectivity index (χ1) is 7.10. The lowest BCUT2D eigenvalue weighted by molar-refractivity contribution is -0.151. The summed E-state index contributed by atoms with van der Waals surface area (Å²) in [7, 11) is 0. The zero-order valence-corrected chi connectivity index (χ0v) is 10.6. The van der Waals surface area contributed by atoms with Gasteiger partial charge >= 0.3 is 0 Å². The van der Waals surface area contributed by atoms with Crippen LogP contribution in [0.25, 0.3) is 0 Å². The van der Waals surface area contributed by atoms with Crippen LogP contribution >= 0.6 is 22.6 Å². The van der Waals surface area contributed by atoms with Gasteiger partial charge in [0.15, 0.2) is 0 Å². The third-order valence-corrected chi connectivity index (χ3v) is 3.14. The van der Waals surface area contributed by atoms with Crippen molar-refractivity contribution < 1.29 is 9.53 Å². The molecule has 0 spiro atoms. The van der Waals surface area contributed by atoms with Gasteiger partial charge in [-0.3, -0.25) is 4.79 Å². The Kier molecular flexibility index (Phi) is 2.97. The van der Waals surface area contributed by atoms with E-state index in [4.69, 9.17) is 4.74 Å². The number of rotatable bonds is 2. The van der Waals surface area contributed by atoms with Gasteiger partial charge in [0.1, 0.15) is 0 Å². The van der Waals surface area contributed by atoms with E-state index in [9.17, 15) is 4.79 Å². The van der Waals surface area contributed by atoms with Crippen molar-refractivity contribution in [2.45, 2.75) is 6.92 Å². The molecule has 0 aromatic heterocycles. The third-order valence-electron chi connectivity index (χ3n) is 2.47. The Morgan fingerprint density at radius 2 is 2.27 bits per heavy atom. The van der Waals surface area contributed by atoms with Crippen molar-refractivity contribution in [3.05, 3.63) is 27.8 Å². The van der Waals surface area contributed by atoms with Crippen LogP contribution in [0.4, 0.5) is 5.69 Å². The van der Waals surface area contributed by atoms with E-state index in [-0.39, 0.29) is 11.3 Å². The van der Waals surface area contributed by atoms with Gasteiger partial charge in [0, 0.05) is 9.26 Å². The highest BCUT2D eigenvalue weighted by Gasteiger charge is 2.40. The number of hydrogen-bond donors (Lipinski definition) is 1. The maximum Gasteiger partial charge on any atom is 0.234 e. The number of amides is 1. The van der Waals surface area contributed by atoms with Crippen LogP contribution in [0.3, 0.4) is 0 Å². The summed E-state index contributed by atoms with van der Waals surface area (Å²) in [5, 5.41) is 2.90. The smallest absolute Gasteiger partial charge is 0.234 e. The maximum atomic E-state index is 11.8. The van der Waals surface area contributed by atoms with E-state index in [2.05, 4.69) is 27.9 Å². The number of carbonyl (C=O) groups is 1. The molecule has 1 aromatic rings. The second-order valence-corrected chi connectivity index (χ2v) is 5.26. The summed E-state index contributed by atoms with van der Waals surface area (Å²) in [6.45, 7) is 2.95. The van der Waals surface area contributed by atoms with Crippen LogP contribution < -0.4 is 5.32 Å². The van der Waals surface area contributed by atoms with E-state index in [1.165, 1.54) is 0 Å².